The van der Waals surface area contributed by atoms with Gasteiger partial charge in [0.1, 0.15) is 5.65 Å². The molecule has 0 aliphatic carbocycles. The summed E-state index contributed by atoms with van der Waals surface area (Å²) in [7, 11) is 0. The number of carbonyl (C=O) groups excluding carboxylic acids is 1. The van der Waals surface area contributed by atoms with E-state index < -0.39 is 0 Å². The van der Waals surface area contributed by atoms with Gasteiger partial charge < -0.3 is 9.72 Å². The lowest BCUT2D eigenvalue weighted by molar-refractivity contribution is -0.121. The molecule has 0 unspecified atom stereocenters. The van der Waals surface area contributed by atoms with Crippen molar-refractivity contribution in [2.45, 2.75) is 25.8 Å². The average molecular weight is 369 g/mol. The Morgan fingerprint density at radius 1 is 0.964 bits per heavy atom. The Bertz CT molecular complexity index is 1030. The highest BCUT2D eigenvalue weighted by molar-refractivity contribution is 5.77. The van der Waals surface area contributed by atoms with Crippen LogP contribution in [0.15, 0.2) is 85.2 Å². The molecular weight excluding hydrogens is 346 g/mol. The third-order valence-electron chi connectivity index (χ3n) is 4.99. The van der Waals surface area contributed by atoms with Crippen LogP contribution in [0.5, 0.6) is 0 Å². The first-order chi connectivity index (χ1) is 13.7. The number of amides is 1. The van der Waals surface area contributed by atoms with Crippen LogP contribution in [-0.4, -0.2) is 15.3 Å². The minimum atomic E-state index is 0.0199. The summed E-state index contributed by atoms with van der Waals surface area (Å²) in [5, 5.41) is 3.03. The number of nitrogens with one attached hydrogen (secondary N) is 1. The Morgan fingerprint density at radius 2 is 1.61 bits per heavy atom. The monoisotopic (exact) mass is 369 g/mol. The maximum absolute atomic E-state index is 12.7. The molecule has 4 aromatic rings. The van der Waals surface area contributed by atoms with Crippen molar-refractivity contribution in [2.24, 2.45) is 0 Å². The van der Waals surface area contributed by atoms with E-state index in [1.54, 1.807) is 0 Å². The maximum atomic E-state index is 12.7. The van der Waals surface area contributed by atoms with Crippen molar-refractivity contribution in [2.75, 3.05) is 0 Å². The second-order valence-corrected chi connectivity index (χ2v) is 7.01. The van der Waals surface area contributed by atoms with Gasteiger partial charge in [-0.1, -0.05) is 66.7 Å². The van der Waals surface area contributed by atoms with Gasteiger partial charge in [-0.25, -0.2) is 4.98 Å². The van der Waals surface area contributed by atoms with Crippen molar-refractivity contribution in [1.29, 1.82) is 0 Å². The maximum Gasteiger partial charge on any atom is 0.221 e. The molecule has 0 radical (unpaired) electrons. The van der Waals surface area contributed by atoms with Gasteiger partial charge in [0.2, 0.25) is 5.91 Å². The van der Waals surface area contributed by atoms with Gasteiger partial charge in [0, 0.05) is 24.7 Å². The number of imidazole rings is 1. The standard InChI is InChI=1S/C24H23N3O/c1-18-9-8-14-27-17-21(26-24(18)27)16-25-23(28)15-22(19-10-4-2-5-11-19)20-12-6-3-7-13-20/h2-14,17,22H,15-16H2,1H3,(H,25,28). The Hall–Kier alpha value is -3.40. The van der Waals surface area contributed by atoms with Crippen molar-refractivity contribution in [3.63, 3.8) is 0 Å². The number of aryl methyl sites for hydroxylation is 1. The van der Waals surface area contributed by atoms with Crippen molar-refractivity contribution < 1.29 is 4.79 Å². The van der Waals surface area contributed by atoms with Crippen LogP contribution in [0.3, 0.4) is 0 Å². The van der Waals surface area contributed by atoms with E-state index in [0.717, 1.165) is 28.0 Å². The molecule has 1 amide bonds. The molecule has 2 aromatic heterocycles. The fourth-order valence-electron chi connectivity index (χ4n) is 3.54. The van der Waals surface area contributed by atoms with E-state index >= 15 is 0 Å². The molecule has 0 spiro atoms. The largest absolute Gasteiger partial charge is 0.350 e. The van der Waals surface area contributed by atoms with E-state index in [1.807, 2.05) is 72.2 Å². The molecule has 0 atom stereocenters. The van der Waals surface area contributed by atoms with Gasteiger partial charge >= 0.3 is 0 Å². The van der Waals surface area contributed by atoms with E-state index in [4.69, 9.17) is 0 Å². The lowest BCUT2D eigenvalue weighted by Gasteiger charge is -2.17. The molecule has 0 saturated heterocycles. The molecule has 0 fully saturated rings. The number of carbonyl (C=O) groups is 1. The van der Waals surface area contributed by atoms with Gasteiger partial charge in [0.15, 0.2) is 0 Å². The van der Waals surface area contributed by atoms with Gasteiger partial charge in [0.05, 0.1) is 12.2 Å². The van der Waals surface area contributed by atoms with Gasteiger partial charge in [0.25, 0.3) is 0 Å². The second-order valence-electron chi connectivity index (χ2n) is 7.01. The number of hydrogen-bond donors (Lipinski definition) is 1. The fraction of sp³-hybridized carbons (Fsp3) is 0.167. The van der Waals surface area contributed by atoms with Crippen LogP contribution in [0.4, 0.5) is 0 Å². The zero-order valence-corrected chi connectivity index (χ0v) is 15.9. The number of aromatic nitrogens is 2. The molecule has 140 valence electrons. The van der Waals surface area contributed by atoms with E-state index in [2.05, 4.69) is 34.6 Å². The van der Waals surface area contributed by atoms with Crippen molar-refractivity contribution in [3.8, 4) is 0 Å². The smallest absolute Gasteiger partial charge is 0.221 e. The first kappa shape index (κ1) is 18.0. The molecule has 2 heterocycles. The second kappa shape index (κ2) is 8.09. The topological polar surface area (TPSA) is 46.4 Å². The summed E-state index contributed by atoms with van der Waals surface area (Å²) in [6.45, 7) is 2.46. The minimum Gasteiger partial charge on any atom is -0.350 e. The number of benzene rings is 2. The zero-order valence-electron chi connectivity index (χ0n) is 15.9. The number of hydrogen-bond acceptors (Lipinski definition) is 2. The average Bonchev–Trinajstić information content (AvgIpc) is 3.16. The molecule has 4 heteroatoms. The Kier molecular flexibility index (Phi) is 5.20. The molecule has 4 rings (SSSR count). The van der Waals surface area contributed by atoms with Crippen LogP contribution < -0.4 is 5.32 Å². The molecule has 1 N–H and O–H groups in total. The number of pyridine rings is 1. The molecule has 2 aromatic carbocycles. The van der Waals surface area contributed by atoms with Gasteiger partial charge in [-0.3, -0.25) is 4.79 Å². The predicted octanol–water partition coefficient (Wildman–Crippen LogP) is 4.48. The predicted molar refractivity (Wildman–Crippen MR) is 111 cm³/mol. The first-order valence-electron chi connectivity index (χ1n) is 9.50. The minimum absolute atomic E-state index is 0.0199. The van der Waals surface area contributed by atoms with Crippen molar-refractivity contribution in [1.82, 2.24) is 14.7 Å². The van der Waals surface area contributed by atoms with Crippen LogP contribution in [0.1, 0.15) is 34.7 Å². The Morgan fingerprint density at radius 3 is 2.21 bits per heavy atom. The fourth-order valence-corrected chi connectivity index (χ4v) is 3.54. The summed E-state index contributed by atoms with van der Waals surface area (Å²) in [4.78, 5) is 17.3. The van der Waals surface area contributed by atoms with E-state index in [9.17, 15) is 4.79 Å². The summed E-state index contributed by atoms with van der Waals surface area (Å²) < 4.78 is 1.99. The molecule has 0 aliphatic rings. The zero-order chi connectivity index (χ0) is 19.3. The lowest BCUT2D eigenvalue weighted by atomic mass is 9.88. The highest BCUT2D eigenvalue weighted by Crippen LogP contribution is 2.27. The van der Waals surface area contributed by atoms with Crippen LogP contribution in [0, 0.1) is 6.92 Å². The van der Waals surface area contributed by atoms with Crippen molar-refractivity contribution in [3.05, 3.63) is 108 Å². The molecule has 0 aliphatic heterocycles. The van der Waals surface area contributed by atoms with E-state index in [-0.39, 0.29) is 11.8 Å². The number of fused-ring (bicyclic) bond motifs is 1. The van der Waals surface area contributed by atoms with Gasteiger partial charge in [-0.05, 0) is 29.7 Å². The van der Waals surface area contributed by atoms with Crippen LogP contribution in [0.25, 0.3) is 5.65 Å². The summed E-state index contributed by atoms with van der Waals surface area (Å²) in [6, 6.07) is 24.4. The Labute approximate surface area is 164 Å². The molecular formula is C24H23N3O. The van der Waals surface area contributed by atoms with Gasteiger partial charge in [-0.15, -0.1) is 0 Å². The van der Waals surface area contributed by atoms with Crippen LogP contribution in [-0.2, 0) is 11.3 Å². The Balaban J connectivity index is 1.47. The van der Waals surface area contributed by atoms with Gasteiger partial charge in [-0.2, -0.15) is 0 Å². The number of nitrogens with zero attached hydrogens (tertiary/aromatic N) is 2. The highest BCUT2D eigenvalue weighted by Gasteiger charge is 2.18. The molecule has 0 bridgehead atoms. The summed E-state index contributed by atoms with van der Waals surface area (Å²) in [6.07, 6.45) is 4.34. The molecule has 4 nitrogen and oxygen atoms in total. The van der Waals surface area contributed by atoms with Crippen LogP contribution in [0.2, 0.25) is 0 Å². The summed E-state index contributed by atoms with van der Waals surface area (Å²) in [5.74, 6) is 0.0530. The third-order valence-corrected chi connectivity index (χ3v) is 4.99. The first-order valence-corrected chi connectivity index (χ1v) is 9.50. The van der Waals surface area contributed by atoms with Crippen LogP contribution >= 0.6 is 0 Å². The third kappa shape index (κ3) is 3.96. The van der Waals surface area contributed by atoms with Crippen molar-refractivity contribution >= 4 is 11.6 Å². The van der Waals surface area contributed by atoms with E-state index in [0.29, 0.717) is 13.0 Å². The normalized spacial score (nSPS) is 11.1. The molecule has 0 saturated carbocycles. The summed E-state index contributed by atoms with van der Waals surface area (Å²) in [5.41, 5.74) is 5.20. The molecule has 28 heavy (non-hydrogen) atoms. The lowest BCUT2D eigenvalue weighted by Crippen LogP contribution is -2.25. The van der Waals surface area contributed by atoms with E-state index in [1.165, 1.54) is 0 Å². The quantitative estimate of drug-likeness (QED) is 0.545. The highest BCUT2D eigenvalue weighted by atomic mass is 16.1. The summed E-state index contributed by atoms with van der Waals surface area (Å²) >= 11 is 0. The SMILES string of the molecule is Cc1cccn2cc(CNC(=O)CC(c3ccccc3)c3ccccc3)nc12. The number of rotatable bonds is 6.